The number of halogens is 2. The maximum Gasteiger partial charge on any atom is 0.189 e. The third-order valence-electron chi connectivity index (χ3n) is 1.55. The van der Waals surface area contributed by atoms with Crippen molar-refractivity contribution in [3.8, 4) is 5.75 Å². The highest BCUT2D eigenvalue weighted by Crippen LogP contribution is 2.32. The fourth-order valence-electron chi connectivity index (χ4n) is 0.857. The third kappa shape index (κ3) is 2.94. The molecule has 5 heteroatoms. The van der Waals surface area contributed by atoms with Crippen molar-refractivity contribution in [2.75, 3.05) is 19.1 Å². The second-order valence-corrected chi connectivity index (χ2v) is 3.37. The number of hydrogen-bond acceptors (Lipinski definition) is 3. The maximum absolute atomic E-state index is 5.79. The van der Waals surface area contributed by atoms with Crippen molar-refractivity contribution in [3.05, 3.63) is 22.2 Å². The van der Waals surface area contributed by atoms with Gasteiger partial charge in [0.1, 0.15) is 5.75 Å². The molecule has 0 spiro atoms. The highest BCUT2D eigenvalue weighted by Gasteiger charge is 2.05. The van der Waals surface area contributed by atoms with E-state index in [1.165, 1.54) is 0 Å². The zero-order valence-electron chi connectivity index (χ0n) is 7.72. The Bertz CT molecular complexity index is 318. The first-order valence-electron chi connectivity index (χ1n) is 4.10. The van der Waals surface area contributed by atoms with Gasteiger partial charge in [-0.15, -0.1) is 0 Å². The molecular formula is C9H11Cl2NO2. The number of ether oxygens (including phenoxy) is 2. The first-order chi connectivity index (χ1) is 6.65. The summed E-state index contributed by atoms with van der Waals surface area (Å²) < 4.78 is 10.2. The first kappa shape index (κ1) is 11.4. The molecule has 0 aromatic heterocycles. The van der Waals surface area contributed by atoms with E-state index in [9.17, 15) is 0 Å². The molecule has 0 aliphatic rings. The molecule has 3 nitrogen and oxygen atoms in total. The summed E-state index contributed by atoms with van der Waals surface area (Å²) in [5, 5.41) is 0.820. The Hall–Kier alpha value is -0.640. The Labute approximate surface area is 92.7 Å². The molecule has 0 saturated carbocycles. The second-order valence-electron chi connectivity index (χ2n) is 2.56. The minimum absolute atomic E-state index is 0.151. The van der Waals surface area contributed by atoms with E-state index in [0.717, 1.165) is 0 Å². The highest BCUT2D eigenvalue weighted by atomic mass is 35.5. The van der Waals surface area contributed by atoms with E-state index in [-0.39, 0.29) is 6.79 Å². The smallest absolute Gasteiger partial charge is 0.189 e. The van der Waals surface area contributed by atoms with Crippen LogP contribution in [0.3, 0.4) is 0 Å². The average molecular weight is 236 g/mol. The van der Waals surface area contributed by atoms with Gasteiger partial charge in [0.05, 0.1) is 15.7 Å². The molecule has 14 heavy (non-hydrogen) atoms. The van der Waals surface area contributed by atoms with E-state index in [2.05, 4.69) is 0 Å². The number of nitrogen functional groups attached to an aromatic ring is 1. The Morgan fingerprint density at radius 2 is 1.93 bits per heavy atom. The monoisotopic (exact) mass is 235 g/mol. The zero-order chi connectivity index (χ0) is 10.6. The van der Waals surface area contributed by atoms with E-state index in [0.29, 0.717) is 28.1 Å². The minimum Gasteiger partial charge on any atom is -0.465 e. The predicted octanol–water partition coefficient (Wildman–Crippen LogP) is 2.95. The highest BCUT2D eigenvalue weighted by molar-refractivity contribution is 6.42. The molecule has 78 valence electrons. The standard InChI is InChI=1S/C9H11Cl2NO2/c1-2-13-5-14-9-4-7(11)6(10)3-8(9)12/h3-4H,2,5,12H2,1H3. The van der Waals surface area contributed by atoms with Crippen molar-refractivity contribution >= 4 is 28.9 Å². The average Bonchev–Trinajstić information content (AvgIpc) is 2.14. The van der Waals surface area contributed by atoms with Gasteiger partial charge in [0.25, 0.3) is 0 Å². The SMILES string of the molecule is CCOCOc1cc(Cl)c(Cl)cc1N. The fourth-order valence-corrected chi connectivity index (χ4v) is 1.18. The van der Waals surface area contributed by atoms with E-state index in [4.69, 9.17) is 38.4 Å². The van der Waals surface area contributed by atoms with E-state index < -0.39 is 0 Å². The lowest BCUT2D eigenvalue weighted by Crippen LogP contribution is -2.04. The number of hydrogen-bond donors (Lipinski definition) is 1. The van der Waals surface area contributed by atoms with Gasteiger partial charge in [-0.05, 0) is 13.0 Å². The van der Waals surface area contributed by atoms with Crippen LogP contribution in [0, 0.1) is 0 Å². The van der Waals surface area contributed by atoms with Gasteiger partial charge in [-0.1, -0.05) is 23.2 Å². The molecule has 1 aromatic carbocycles. The van der Waals surface area contributed by atoms with Crippen LogP contribution in [0.5, 0.6) is 5.75 Å². The molecule has 0 amide bonds. The summed E-state index contributed by atoms with van der Waals surface area (Å²) in [6.07, 6.45) is 0. The summed E-state index contributed by atoms with van der Waals surface area (Å²) in [7, 11) is 0. The Morgan fingerprint density at radius 1 is 1.29 bits per heavy atom. The van der Waals surface area contributed by atoms with Gasteiger partial charge in [0.2, 0.25) is 0 Å². The van der Waals surface area contributed by atoms with E-state index in [1.54, 1.807) is 12.1 Å². The predicted molar refractivity (Wildman–Crippen MR) is 58.0 cm³/mol. The summed E-state index contributed by atoms with van der Waals surface area (Å²) in [6.45, 7) is 2.61. The van der Waals surface area contributed by atoms with Gasteiger partial charge in [-0.2, -0.15) is 0 Å². The second kappa shape index (κ2) is 5.29. The molecule has 0 radical (unpaired) electrons. The topological polar surface area (TPSA) is 44.5 Å². The number of benzene rings is 1. The fraction of sp³-hybridized carbons (Fsp3) is 0.333. The molecule has 0 atom stereocenters. The maximum atomic E-state index is 5.79. The summed E-state index contributed by atoms with van der Waals surface area (Å²) in [6, 6.07) is 3.11. The quantitative estimate of drug-likeness (QED) is 0.496. The minimum atomic E-state index is 0.151. The van der Waals surface area contributed by atoms with Crippen LogP contribution in [-0.4, -0.2) is 13.4 Å². The molecule has 2 N–H and O–H groups in total. The molecule has 0 aliphatic carbocycles. The lowest BCUT2D eigenvalue weighted by Gasteiger charge is -2.09. The normalized spacial score (nSPS) is 10.2. The number of anilines is 1. The molecular weight excluding hydrogens is 225 g/mol. The Morgan fingerprint density at radius 3 is 2.57 bits per heavy atom. The molecule has 0 unspecified atom stereocenters. The van der Waals surface area contributed by atoms with Crippen molar-refractivity contribution in [3.63, 3.8) is 0 Å². The van der Waals surface area contributed by atoms with Crippen LogP contribution in [0.2, 0.25) is 10.0 Å². The first-order valence-corrected chi connectivity index (χ1v) is 4.85. The van der Waals surface area contributed by atoms with Crippen molar-refractivity contribution in [1.82, 2.24) is 0 Å². The lowest BCUT2D eigenvalue weighted by atomic mass is 10.3. The van der Waals surface area contributed by atoms with Crippen LogP contribution in [0.1, 0.15) is 6.92 Å². The molecule has 0 saturated heterocycles. The van der Waals surface area contributed by atoms with Gasteiger partial charge >= 0.3 is 0 Å². The van der Waals surface area contributed by atoms with Crippen LogP contribution < -0.4 is 10.5 Å². The van der Waals surface area contributed by atoms with Crippen LogP contribution in [-0.2, 0) is 4.74 Å². The van der Waals surface area contributed by atoms with Gasteiger partial charge in [0.15, 0.2) is 6.79 Å². The zero-order valence-corrected chi connectivity index (χ0v) is 9.23. The van der Waals surface area contributed by atoms with Crippen LogP contribution in [0.25, 0.3) is 0 Å². The van der Waals surface area contributed by atoms with Crippen LogP contribution >= 0.6 is 23.2 Å². The van der Waals surface area contributed by atoms with Gasteiger partial charge in [-0.25, -0.2) is 0 Å². The molecule has 0 heterocycles. The van der Waals surface area contributed by atoms with Crippen molar-refractivity contribution in [2.24, 2.45) is 0 Å². The van der Waals surface area contributed by atoms with Gasteiger partial charge < -0.3 is 15.2 Å². The van der Waals surface area contributed by atoms with Crippen LogP contribution in [0.15, 0.2) is 12.1 Å². The van der Waals surface area contributed by atoms with Crippen molar-refractivity contribution in [2.45, 2.75) is 6.92 Å². The van der Waals surface area contributed by atoms with Crippen molar-refractivity contribution < 1.29 is 9.47 Å². The molecule has 0 aliphatic heterocycles. The Kier molecular flexibility index (Phi) is 4.32. The number of rotatable bonds is 4. The van der Waals surface area contributed by atoms with Gasteiger partial charge in [0, 0.05) is 12.7 Å². The number of nitrogens with two attached hydrogens (primary N) is 1. The Balaban J connectivity index is 2.72. The van der Waals surface area contributed by atoms with Crippen LogP contribution in [0.4, 0.5) is 5.69 Å². The van der Waals surface area contributed by atoms with Gasteiger partial charge in [-0.3, -0.25) is 0 Å². The summed E-state index contributed by atoms with van der Waals surface area (Å²) in [5.41, 5.74) is 6.09. The van der Waals surface area contributed by atoms with Crippen molar-refractivity contribution in [1.29, 1.82) is 0 Å². The lowest BCUT2D eigenvalue weighted by molar-refractivity contribution is 0.0229. The molecule has 1 aromatic rings. The van der Waals surface area contributed by atoms with E-state index in [1.807, 2.05) is 6.92 Å². The largest absolute Gasteiger partial charge is 0.465 e. The summed E-state index contributed by atoms with van der Waals surface area (Å²) in [4.78, 5) is 0. The summed E-state index contributed by atoms with van der Waals surface area (Å²) >= 11 is 11.5. The molecule has 0 bridgehead atoms. The third-order valence-corrected chi connectivity index (χ3v) is 2.28. The van der Waals surface area contributed by atoms with E-state index >= 15 is 0 Å². The molecule has 1 rings (SSSR count). The summed E-state index contributed by atoms with van der Waals surface area (Å²) in [5.74, 6) is 0.479. The molecule has 0 fully saturated rings.